The van der Waals surface area contributed by atoms with Gasteiger partial charge in [0.05, 0.1) is 0 Å². The van der Waals surface area contributed by atoms with Crippen molar-refractivity contribution in [2.75, 3.05) is 6.54 Å². The van der Waals surface area contributed by atoms with Crippen LogP contribution < -0.4 is 5.32 Å². The van der Waals surface area contributed by atoms with Gasteiger partial charge in [0.25, 0.3) is 0 Å². The molecule has 5 nitrogen and oxygen atoms in total. The number of hydrogen-bond acceptors (Lipinski definition) is 3. The topological polar surface area (TPSA) is 66.5 Å². The third-order valence-electron chi connectivity index (χ3n) is 5.43. The predicted octanol–water partition coefficient (Wildman–Crippen LogP) is 2.60. The first-order valence-electron chi connectivity index (χ1n) is 8.31. The van der Waals surface area contributed by atoms with E-state index in [1.165, 1.54) is 17.7 Å². The van der Waals surface area contributed by atoms with Gasteiger partial charge in [-0.1, -0.05) is 38.5 Å². The van der Waals surface area contributed by atoms with Crippen LogP contribution in [0.25, 0.3) is 0 Å². The van der Waals surface area contributed by atoms with E-state index in [1.54, 1.807) is 0 Å². The largest absolute Gasteiger partial charge is 0.330 e. The van der Waals surface area contributed by atoms with Crippen LogP contribution in [-0.2, 0) is 9.59 Å². The molecule has 2 aliphatic carbocycles. The normalized spacial score (nSPS) is 27.0. The van der Waals surface area contributed by atoms with Crippen molar-refractivity contribution in [3.8, 4) is 0 Å². The summed E-state index contributed by atoms with van der Waals surface area (Å²) in [5.41, 5.74) is -0.969. The summed E-state index contributed by atoms with van der Waals surface area (Å²) < 4.78 is 0. The first-order chi connectivity index (χ1) is 10.1. The monoisotopic (exact) mass is 292 g/mol. The van der Waals surface area contributed by atoms with Gasteiger partial charge in [0.2, 0.25) is 11.8 Å². The highest BCUT2D eigenvalue weighted by Crippen LogP contribution is 2.39. The molecular formula is C16H24N2O3. The highest BCUT2D eigenvalue weighted by atomic mass is 16.2. The van der Waals surface area contributed by atoms with Crippen molar-refractivity contribution in [3.05, 3.63) is 0 Å². The molecule has 3 rings (SSSR count). The van der Waals surface area contributed by atoms with Gasteiger partial charge < -0.3 is 0 Å². The van der Waals surface area contributed by atoms with E-state index in [-0.39, 0.29) is 11.8 Å². The summed E-state index contributed by atoms with van der Waals surface area (Å²) in [6.45, 7) is 0.486. The standard InChI is InChI=1S/C16H24N2O3/c19-13-16(9-5-1-2-6-10-16)14(20)18(15(21)17-13)11-12-7-3-4-8-12/h12H,1-11H2,(H,17,19,21). The van der Waals surface area contributed by atoms with Crippen LogP contribution in [0.1, 0.15) is 64.2 Å². The zero-order valence-corrected chi connectivity index (χ0v) is 12.5. The maximum atomic E-state index is 12.9. The maximum absolute atomic E-state index is 12.9. The van der Waals surface area contributed by atoms with E-state index in [2.05, 4.69) is 5.32 Å². The minimum Gasteiger partial charge on any atom is -0.277 e. The zero-order valence-electron chi connectivity index (χ0n) is 12.5. The molecule has 0 aromatic carbocycles. The van der Waals surface area contributed by atoms with Crippen molar-refractivity contribution in [3.63, 3.8) is 0 Å². The van der Waals surface area contributed by atoms with E-state index < -0.39 is 11.4 Å². The van der Waals surface area contributed by atoms with Crippen LogP contribution >= 0.6 is 0 Å². The number of nitrogens with zero attached hydrogens (tertiary/aromatic N) is 1. The quantitative estimate of drug-likeness (QED) is 0.795. The molecule has 21 heavy (non-hydrogen) atoms. The Labute approximate surface area is 125 Å². The highest BCUT2D eigenvalue weighted by Gasteiger charge is 2.53. The van der Waals surface area contributed by atoms with Gasteiger partial charge >= 0.3 is 6.03 Å². The smallest absolute Gasteiger partial charge is 0.277 e. The van der Waals surface area contributed by atoms with Gasteiger partial charge in [-0.2, -0.15) is 0 Å². The fourth-order valence-electron chi connectivity index (χ4n) is 4.12. The maximum Gasteiger partial charge on any atom is 0.330 e. The predicted molar refractivity (Wildman–Crippen MR) is 77.3 cm³/mol. The molecule has 1 heterocycles. The lowest BCUT2D eigenvalue weighted by molar-refractivity contribution is -0.153. The van der Waals surface area contributed by atoms with Crippen LogP contribution in [-0.4, -0.2) is 29.3 Å². The Hall–Kier alpha value is -1.39. The van der Waals surface area contributed by atoms with E-state index in [0.29, 0.717) is 25.3 Å². The Morgan fingerprint density at radius 1 is 0.952 bits per heavy atom. The molecule has 1 aliphatic heterocycles. The van der Waals surface area contributed by atoms with Gasteiger partial charge in [-0.15, -0.1) is 0 Å². The summed E-state index contributed by atoms with van der Waals surface area (Å²) in [5, 5.41) is 2.45. The Morgan fingerprint density at radius 2 is 1.57 bits per heavy atom. The molecule has 0 radical (unpaired) electrons. The molecule has 0 unspecified atom stereocenters. The SMILES string of the molecule is O=C1NC(=O)C2(CCCCCC2)C(=O)N1CC1CCCC1. The molecule has 0 aromatic rings. The third-order valence-corrected chi connectivity index (χ3v) is 5.43. The molecule has 5 heteroatoms. The van der Waals surface area contributed by atoms with Gasteiger partial charge in [-0.05, 0) is 31.6 Å². The number of carbonyl (C=O) groups excluding carboxylic acids is 3. The van der Waals surface area contributed by atoms with E-state index in [1.807, 2.05) is 0 Å². The summed E-state index contributed by atoms with van der Waals surface area (Å²) in [4.78, 5) is 38.7. The second-order valence-electron chi connectivity index (χ2n) is 6.82. The van der Waals surface area contributed by atoms with Gasteiger partial charge in [0.1, 0.15) is 5.41 Å². The first kappa shape index (κ1) is 14.5. The summed E-state index contributed by atoms with van der Waals surface area (Å²) in [5.74, 6) is -0.178. The first-order valence-corrected chi connectivity index (χ1v) is 8.31. The summed E-state index contributed by atoms with van der Waals surface area (Å²) in [6.07, 6.45) is 9.62. The number of hydrogen-bond donors (Lipinski definition) is 1. The molecule has 116 valence electrons. The minimum atomic E-state index is -0.969. The number of rotatable bonds is 2. The van der Waals surface area contributed by atoms with Crippen LogP contribution in [0.5, 0.6) is 0 Å². The van der Waals surface area contributed by atoms with Crippen molar-refractivity contribution in [2.24, 2.45) is 11.3 Å². The van der Waals surface area contributed by atoms with Crippen molar-refractivity contribution in [1.82, 2.24) is 10.2 Å². The molecule has 1 spiro atoms. The van der Waals surface area contributed by atoms with Gasteiger partial charge in [-0.3, -0.25) is 19.8 Å². The second-order valence-corrected chi connectivity index (χ2v) is 6.82. The fourth-order valence-corrected chi connectivity index (χ4v) is 4.12. The molecule has 4 amide bonds. The number of carbonyl (C=O) groups is 3. The van der Waals surface area contributed by atoms with Crippen molar-refractivity contribution >= 4 is 17.8 Å². The number of urea groups is 1. The van der Waals surface area contributed by atoms with Crippen LogP contribution in [0, 0.1) is 11.3 Å². The molecule has 1 saturated heterocycles. The van der Waals surface area contributed by atoms with Gasteiger partial charge in [-0.25, -0.2) is 4.79 Å². The molecule has 3 fully saturated rings. The Kier molecular flexibility index (Phi) is 4.00. The van der Waals surface area contributed by atoms with Gasteiger partial charge in [0.15, 0.2) is 0 Å². The molecule has 0 aromatic heterocycles. The summed E-state index contributed by atoms with van der Waals surface area (Å²) in [6, 6.07) is -0.508. The highest BCUT2D eigenvalue weighted by molar-refractivity contribution is 6.19. The molecular weight excluding hydrogens is 268 g/mol. The molecule has 3 aliphatic rings. The average molecular weight is 292 g/mol. The number of amides is 4. The Bertz CT molecular complexity index is 446. The third kappa shape index (κ3) is 2.58. The van der Waals surface area contributed by atoms with E-state index >= 15 is 0 Å². The van der Waals surface area contributed by atoms with E-state index in [9.17, 15) is 14.4 Å². The summed E-state index contributed by atoms with van der Waals surface area (Å²) >= 11 is 0. The lowest BCUT2D eigenvalue weighted by Gasteiger charge is -2.39. The molecule has 2 saturated carbocycles. The second kappa shape index (κ2) is 5.78. The van der Waals surface area contributed by atoms with Crippen LogP contribution in [0.3, 0.4) is 0 Å². The zero-order chi connectivity index (χ0) is 14.9. The minimum absolute atomic E-state index is 0.231. The van der Waals surface area contributed by atoms with Crippen LogP contribution in [0.15, 0.2) is 0 Å². The van der Waals surface area contributed by atoms with E-state index in [4.69, 9.17) is 0 Å². The van der Waals surface area contributed by atoms with Crippen LogP contribution in [0.2, 0.25) is 0 Å². The number of barbiturate groups is 1. The Balaban J connectivity index is 1.81. The summed E-state index contributed by atoms with van der Waals surface area (Å²) in [7, 11) is 0. The van der Waals surface area contributed by atoms with Gasteiger partial charge in [0, 0.05) is 6.54 Å². The lowest BCUT2D eigenvalue weighted by atomic mass is 9.76. The number of imide groups is 2. The van der Waals surface area contributed by atoms with E-state index in [0.717, 1.165) is 38.5 Å². The van der Waals surface area contributed by atoms with Crippen molar-refractivity contribution < 1.29 is 14.4 Å². The molecule has 0 atom stereocenters. The Morgan fingerprint density at radius 3 is 2.19 bits per heavy atom. The van der Waals surface area contributed by atoms with Crippen molar-refractivity contribution in [2.45, 2.75) is 64.2 Å². The fraction of sp³-hybridized carbons (Fsp3) is 0.812. The molecule has 0 bridgehead atoms. The van der Waals surface area contributed by atoms with Crippen LogP contribution in [0.4, 0.5) is 4.79 Å². The lowest BCUT2D eigenvalue weighted by Crippen LogP contribution is -2.64. The average Bonchev–Trinajstić information content (AvgIpc) is 2.84. The van der Waals surface area contributed by atoms with Crippen molar-refractivity contribution in [1.29, 1.82) is 0 Å². The number of nitrogens with one attached hydrogen (secondary N) is 1. The molecule has 1 N–H and O–H groups in total.